The molecule has 25 heavy (non-hydrogen) atoms. The fourth-order valence-corrected chi connectivity index (χ4v) is 2.92. The van der Waals surface area contributed by atoms with Gasteiger partial charge in [0.05, 0.1) is 6.54 Å². The minimum absolute atomic E-state index is 0.00984. The maximum atomic E-state index is 12.2. The van der Waals surface area contributed by atoms with Crippen LogP contribution in [0.2, 0.25) is 0 Å². The lowest BCUT2D eigenvalue weighted by Gasteiger charge is -2.17. The van der Waals surface area contributed by atoms with Crippen molar-refractivity contribution in [3.05, 3.63) is 54.0 Å². The van der Waals surface area contributed by atoms with Crippen LogP contribution in [0.1, 0.15) is 24.2 Å². The van der Waals surface area contributed by atoms with E-state index >= 15 is 0 Å². The Labute approximate surface area is 148 Å². The molecule has 6 nitrogen and oxygen atoms in total. The lowest BCUT2D eigenvalue weighted by Crippen LogP contribution is -2.39. The Kier molecular flexibility index (Phi) is 5.82. The van der Waals surface area contributed by atoms with Crippen molar-refractivity contribution in [3.8, 4) is 5.88 Å². The van der Waals surface area contributed by atoms with Gasteiger partial charge < -0.3 is 15.0 Å². The second-order valence-electron chi connectivity index (χ2n) is 6.24. The normalized spacial score (nSPS) is 16.7. The molecule has 132 valence electrons. The third kappa shape index (κ3) is 5.17. The van der Waals surface area contributed by atoms with Crippen LogP contribution in [0.5, 0.6) is 5.88 Å². The molecule has 1 aromatic heterocycles. The van der Waals surface area contributed by atoms with Crippen LogP contribution in [0.4, 0.5) is 4.79 Å². The number of benzene rings is 1. The summed E-state index contributed by atoms with van der Waals surface area (Å²) in [6.45, 7) is 3.81. The highest BCUT2D eigenvalue weighted by atomic mass is 16.5. The number of aryl methyl sites for hydroxylation is 2. The molecule has 1 saturated heterocycles. The summed E-state index contributed by atoms with van der Waals surface area (Å²) < 4.78 is 5.85. The van der Waals surface area contributed by atoms with Gasteiger partial charge in [-0.2, -0.15) is 4.98 Å². The molecule has 2 aromatic rings. The fraction of sp³-hybridized carbons (Fsp3) is 0.421. The van der Waals surface area contributed by atoms with E-state index < -0.39 is 0 Å². The van der Waals surface area contributed by atoms with Crippen molar-refractivity contribution in [1.29, 1.82) is 0 Å². The Hall–Kier alpha value is -2.63. The largest absolute Gasteiger partial charge is 0.472 e. The molecule has 1 N–H and O–H groups in total. The van der Waals surface area contributed by atoms with E-state index in [1.165, 1.54) is 5.56 Å². The van der Waals surface area contributed by atoms with E-state index in [2.05, 4.69) is 27.4 Å². The first kappa shape index (κ1) is 17.2. The van der Waals surface area contributed by atoms with Gasteiger partial charge in [-0.05, 0) is 25.3 Å². The van der Waals surface area contributed by atoms with Crippen molar-refractivity contribution in [1.82, 2.24) is 20.2 Å². The van der Waals surface area contributed by atoms with Crippen LogP contribution >= 0.6 is 0 Å². The van der Waals surface area contributed by atoms with Crippen LogP contribution in [-0.2, 0) is 6.42 Å². The molecule has 1 aliphatic rings. The van der Waals surface area contributed by atoms with Gasteiger partial charge in [-0.1, -0.05) is 30.3 Å². The first-order valence-electron chi connectivity index (χ1n) is 8.74. The summed E-state index contributed by atoms with van der Waals surface area (Å²) in [5.41, 5.74) is 1.30. The van der Waals surface area contributed by atoms with Crippen LogP contribution in [-0.4, -0.2) is 46.6 Å². The molecule has 2 amide bonds. The van der Waals surface area contributed by atoms with Gasteiger partial charge in [-0.3, -0.25) is 0 Å². The molecule has 3 rings (SSSR count). The molecule has 0 spiro atoms. The monoisotopic (exact) mass is 340 g/mol. The number of carbonyl (C=O) groups excluding carboxylic acids is 1. The molecule has 6 heteroatoms. The quantitative estimate of drug-likeness (QED) is 0.821. The number of nitrogens with one attached hydrogen (secondary N) is 1. The smallest absolute Gasteiger partial charge is 0.317 e. The number of hydrogen-bond acceptors (Lipinski definition) is 4. The van der Waals surface area contributed by atoms with Crippen molar-refractivity contribution in [2.75, 3.05) is 19.6 Å². The summed E-state index contributed by atoms with van der Waals surface area (Å²) in [7, 11) is 0. The number of amides is 2. The van der Waals surface area contributed by atoms with Crippen LogP contribution in [0.3, 0.4) is 0 Å². The Balaban J connectivity index is 1.37. The van der Waals surface area contributed by atoms with E-state index in [9.17, 15) is 4.79 Å². The van der Waals surface area contributed by atoms with Gasteiger partial charge in [0.2, 0.25) is 5.88 Å². The first-order chi connectivity index (χ1) is 12.2. The number of rotatable bonds is 6. The minimum atomic E-state index is -0.0157. The highest BCUT2D eigenvalue weighted by molar-refractivity contribution is 5.74. The summed E-state index contributed by atoms with van der Waals surface area (Å²) in [4.78, 5) is 22.3. The van der Waals surface area contributed by atoms with E-state index in [-0.39, 0.29) is 12.1 Å². The maximum Gasteiger partial charge on any atom is 0.317 e. The van der Waals surface area contributed by atoms with E-state index in [0.29, 0.717) is 31.3 Å². The van der Waals surface area contributed by atoms with E-state index in [0.717, 1.165) is 19.3 Å². The molecule has 0 radical (unpaired) electrons. The Morgan fingerprint density at radius 1 is 1.32 bits per heavy atom. The summed E-state index contributed by atoms with van der Waals surface area (Å²) in [6.07, 6.45) is 4.40. The molecular weight excluding hydrogens is 316 g/mol. The molecular formula is C19H24N4O2. The van der Waals surface area contributed by atoms with Crippen LogP contribution in [0.15, 0.2) is 42.6 Å². The van der Waals surface area contributed by atoms with Crippen molar-refractivity contribution >= 4 is 6.03 Å². The number of carbonyl (C=O) groups is 1. The highest BCUT2D eigenvalue weighted by Crippen LogP contribution is 2.16. The maximum absolute atomic E-state index is 12.2. The fourth-order valence-electron chi connectivity index (χ4n) is 2.92. The van der Waals surface area contributed by atoms with Crippen molar-refractivity contribution in [2.24, 2.45) is 0 Å². The zero-order valence-electron chi connectivity index (χ0n) is 14.5. The van der Waals surface area contributed by atoms with Crippen LogP contribution in [0.25, 0.3) is 0 Å². The Morgan fingerprint density at radius 3 is 2.96 bits per heavy atom. The predicted octanol–water partition coefficient (Wildman–Crippen LogP) is 2.58. The molecule has 0 bridgehead atoms. The molecule has 1 fully saturated rings. The number of urea groups is 1. The Bertz CT molecular complexity index is 693. The number of likely N-dealkylation sites (tertiary alicyclic amines) is 1. The van der Waals surface area contributed by atoms with Gasteiger partial charge >= 0.3 is 6.03 Å². The summed E-state index contributed by atoms with van der Waals surface area (Å²) in [6, 6.07) is 12.0. The zero-order valence-corrected chi connectivity index (χ0v) is 14.5. The van der Waals surface area contributed by atoms with Gasteiger partial charge in [0.25, 0.3) is 0 Å². The molecule has 1 aromatic carbocycles. The number of aromatic nitrogens is 2. The van der Waals surface area contributed by atoms with Crippen LogP contribution < -0.4 is 10.1 Å². The molecule has 1 unspecified atom stereocenters. The molecule has 1 aliphatic heterocycles. The Morgan fingerprint density at radius 2 is 2.16 bits per heavy atom. The predicted molar refractivity (Wildman–Crippen MR) is 95.5 cm³/mol. The van der Waals surface area contributed by atoms with E-state index in [1.807, 2.05) is 25.1 Å². The van der Waals surface area contributed by atoms with Crippen molar-refractivity contribution in [2.45, 2.75) is 32.3 Å². The minimum Gasteiger partial charge on any atom is -0.472 e. The van der Waals surface area contributed by atoms with E-state index in [4.69, 9.17) is 4.74 Å². The first-order valence-corrected chi connectivity index (χ1v) is 8.74. The number of ether oxygens (including phenoxy) is 1. The van der Waals surface area contributed by atoms with Crippen LogP contribution in [0, 0.1) is 6.92 Å². The van der Waals surface area contributed by atoms with Crippen molar-refractivity contribution < 1.29 is 9.53 Å². The third-order valence-electron chi connectivity index (χ3n) is 4.23. The topological polar surface area (TPSA) is 67.3 Å². The molecule has 2 heterocycles. The summed E-state index contributed by atoms with van der Waals surface area (Å²) in [5, 5.41) is 2.99. The van der Waals surface area contributed by atoms with Gasteiger partial charge in [0.1, 0.15) is 11.9 Å². The number of nitrogens with zero attached hydrogens (tertiary/aromatic N) is 3. The second-order valence-corrected chi connectivity index (χ2v) is 6.24. The summed E-state index contributed by atoms with van der Waals surface area (Å²) >= 11 is 0. The SMILES string of the molecule is Cc1nccc(OC2CCN(C(=O)NCCCc3ccccc3)C2)n1. The standard InChI is InChI=1S/C19H24N4O2/c1-15-20-12-9-18(22-15)25-17-10-13-23(14-17)19(24)21-11-5-8-16-6-3-2-4-7-16/h2-4,6-7,9,12,17H,5,8,10-11,13-14H2,1H3,(H,21,24). The molecule has 0 aliphatic carbocycles. The average Bonchev–Trinajstić information content (AvgIpc) is 3.08. The molecule has 0 saturated carbocycles. The average molecular weight is 340 g/mol. The van der Waals surface area contributed by atoms with Gasteiger partial charge in [-0.25, -0.2) is 9.78 Å². The highest BCUT2D eigenvalue weighted by Gasteiger charge is 2.27. The lowest BCUT2D eigenvalue weighted by atomic mass is 10.1. The molecule has 1 atom stereocenters. The van der Waals surface area contributed by atoms with Gasteiger partial charge in [-0.15, -0.1) is 0 Å². The third-order valence-corrected chi connectivity index (χ3v) is 4.23. The zero-order chi connectivity index (χ0) is 17.5. The second kappa shape index (κ2) is 8.46. The van der Waals surface area contributed by atoms with Gasteiger partial charge in [0, 0.05) is 31.8 Å². The van der Waals surface area contributed by atoms with Gasteiger partial charge in [0.15, 0.2) is 0 Å². The number of hydrogen-bond donors (Lipinski definition) is 1. The van der Waals surface area contributed by atoms with E-state index in [1.54, 1.807) is 17.2 Å². The lowest BCUT2D eigenvalue weighted by molar-refractivity contribution is 0.183. The summed E-state index contributed by atoms with van der Waals surface area (Å²) in [5.74, 6) is 1.26. The van der Waals surface area contributed by atoms with Crippen molar-refractivity contribution in [3.63, 3.8) is 0 Å².